The Morgan fingerprint density at radius 3 is 2.22 bits per heavy atom. The molecule has 0 saturated heterocycles. The van der Waals surface area contributed by atoms with Gasteiger partial charge in [0.25, 0.3) is 0 Å². The van der Waals surface area contributed by atoms with E-state index in [1.165, 1.54) is 32.3 Å². The average Bonchev–Trinajstić information content (AvgIpc) is 3.12. The summed E-state index contributed by atoms with van der Waals surface area (Å²) in [4.78, 5) is 4.64. The highest BCUT2D eigenvalue weighted by atomic mass is 16.3. The topological polar surface area (TPSA) is 25.5 Å². The lowest BCUT2D eigenvalue weighted by molar-refractivity contribution is 0.560. The Morgan fingerprint density at radius 2 is 1.43 bits per heavy atom. The molecule has 2 nitrogen and oxygen atoms in total. The van der Waals surface area contributed by atoms with Crippen LogP contribution in [0, 0.1) is 0 Å². The summed E-state index contributed by atoms with van der Waals surface area (Å²) in [6.45, 7) is 0. The van der Waals surface area contributed by atoms with Gasteiger partial charge in [-0.15, -0.1) is 0 Å². The van der Waals surface area contributed by atoms with Gasteiger partial charge in [-0.25, -0.2) is 0 Å². The van der Waals surface area contributed by atoms with E-state index in [-0.39, 0.29) is 0 Å². The van der Waals surface area contributed by atoms with Gasteiger partial charge in [-0.3, -0.25) is 4.99 Å². The number of furan rings is 1. The smallest absolute Gasteiger partial charge is 0.144 e. The van der Waals surface area contributed by atoms with Crippen molar-refractivity contribution in [3.63, 3.8) is 0 Å². The molecule has 0 N–H and O–H groups in total. The van der Waals surface area contributed by atoms with E-state index < -0.39 is 0 Å². The molecule has 23 heavy (non-hydrogen) atoms. The molecule has 5 rings (SSSR count). The summed E-state index contributed by atoms with van der Waals surface area (Å²) in [5.41, 5.74) is 0.965. The second-order valence-electron chi connectivity index (χ2n) is 5.71. The summed E-state index contributed by atoms with van der Waals surface area (Å²) in [5, 5.41) is 7.57. The average molecular weight is 295 g/mol. The van der Waals surface area contributed by atoms with Gasteiger partial charge in [-0.2, -0.15) is 0 Å². The van der Waals surface area contributed by atoms with E-state index in [4.69, 9.17) is 4.42 Å². The standard InChI is InChI=1S/C21H13NO/c1-3-14-6-7-16-9-11-19(22-13-17-5-2-12-23-17)18-10-8-15(4-1)20(14)21(16)18/h1-13H. The third-order valence-corrected chi connectivity index (χ3v) is 4.38. The number of benzene rings is 4. The molecular formula is C21H13NO. The molecule has 0 radical (unpaired) electrons. The number of aliphatic imine (C=N–C) groups is 1. The van der Waals surface area contributed by atoms with Gasteiger partial charge in [0.05, 0.1) is 18.2 Å². The molecule has 0 amide bonds. The third-order valence-electron chi connectivity index (χ3n) is 4.38. The Balaban J connectivity index is 1.84. The van der Waals surface area contributed by atoms with Gasteiger partial charge in [0.1, 0.15) is 5.76 Å². The molecule has 0 aliphatic heterocycles. The summed E-state index contributed by atoms with van der Waals surface area (Å²) in [6, 6.07) is 23.1. The van der Waals surface area contributed by atoms with Crippen LogP contribution in [0.15, 0.2) is 82.4 Å². The molecule has 0 unspecified atom stereocenters. The zero-order chi connectivity index (χ0) is 15.2. The van der Waals surface area contributed by atoms with E-state index in [2.05, 4.69) is 59.6 Å². The van der Waals surface area contributed by atoms with Crippen LogP contribution in [-0.4, -0.2) is 6.21 Å². The largest absolute Gasteiger partial charge is 0.463 e. The van der Waals surface area contributed by atoms with Gasteiger partial charge in [0.15, 0.2) is 0 Å². The summed E-state index contributed by atoms with van der Waals surface area (Å²) in [7, 11) is 0. The fourth-order valence-electron chi connectivity index (χ4n) is 3.33. The highest BCUT2D eigenvalue weighted by Gasteiger charge is 2.09. The van der Waals surface area contributed by atoms with Crippen LogP contribution in [0.3, 0.4) is 0 Å². The molecule has 1 heterocycles. The van der Waals surface area contributed by atoms with Gasteiger partial charge in [-0.05, 0) is 45.1 Å². The van der Waals surface area contributed by atoms with E-state index in [1.54, 1.807) is 12.5 Å². The van der Waals surface area contributed by atoms with Crippen molar-refractivity contribution < 1.29 is 4.42 Å². The maximum atomic E-state index is 5.33. The van der Waals surface area contributed by atoms with Crippen LogP contribution in [0.4, 0.5) is 5.69 Å². The van der Waals surface area contributed by atoms with Crippen molar-refractivity contribution in [2.24, 2.45) is 4.99 Å². The van der Waals surface area contributed by atoms with Gasteiger partial charge in [-0.1, -0.05) is 48.5 Å². The fraction of sp³-hybridized carbons (Fsp3) is 0. The Morgan fingerprint density at radius 1 is 0.696 bits per heavy atom. The quantitative estimate of drug-likeness (QED) is 0.293. The lowest BCUT2D eigenvalue weighted by Gasteiger charge is -2.11. The lowest BCUT2D eigenvalue weighted by Crippen LogP contribution is -1.84. The molecule has 0 atom stereocenters. The minimum absolute atomic E-state index is 0.760. The molecule has 108 valence electrons. The molecule has 0 aliphatic rings. The number of hydrogen-bond acceptors (Lipinski definition) is 2. The molecule has 0 spiro atoms. The normalized spacial score (nSPS) is 12.2. The highest BCUT2D eigenvalue weighted by molar-refractivity contribution is 6.25. The van der Waals surface area contributed by atoms with Crippen LogP contribution in [-0.2, 0) is 0 Å². The summed E-state index contributed by atoms with van der Waals surface area (Å²) < 4.78 is 5.33. The van der Waals surface area contributed by atoms with Crippen LogP contribution in [0.1, 0.15) is 5.76 Å². The SMILES string of the molecule is C(=Nc1ccc2ccc3cccc4ccc1c2c34)c1ccco1. The maximum Gasteiger partial charge on any atom is 0.144 e. The van der Waals surface area contributed by atoms with Crippen molar-refractivity contribution in [2.75, 3.05) is 0 Å². The van der Waals surface area contributed by atoms with Gasteiger partial charge >= 0.3 is 0 Å². The molecular weight excluding hydrogens is 282 g/mol. The van der Waals surface area contributed by atoms with E-state index in [0.717, 1.165) is 11.4 Å². The van der Waals surface area contributed by atoms with Crippen LogP contribution < -0.4 is 0 Å². The Bertz CT molecular complexity index is 1140. The van der Waals surface area contributed by atoms with Crippen molar-refractivity contribution in [3.05, 3.63) is 78.8 Å². The van der Waals surface area contributed by atoms with Crippen molar-refractivity contribution in [3.8, 4) is 0 Å². The predicted octanol–water partition coefficient (Wildman–Crippen LogP) is 5.93. The Hall–Kier alpha value is -3.13. The number of nitrogens with zero attached hydrogens (tertiary/aromatic N) is 1. The molecule has 0 fully saturated rings. The van der Waals surface area contributed by atoms with Crippen LogP contribution in [0.5, 0.6) is 0 Å². The minimum atomic E-state index is 0.760. The summed E-state index contributed by atoms with van der Waals surface area (Å²) in [5.74, 6) is 0.760. The van der Waals surface area contributed by atoms with E-state index in [9.17, 15) is 0 Å². The lowest BCUT2D eigenvalue weighted by atomic mass is 9.94. The van der Waals surface area contributed by atoms with Crippen LogP contribution in [0.25, 0.3) is 32.3 Å². The first-order valence-corrected chi connectivity index (χ1v) is 7.64. The molecule has 0 aliphatic carbocycles. The van der Waals surface area contributed by atoms with Crippen molar-refractivity contribution in [1.29, 1.82) is 0 Å². The Kier molecular flexibility index (Phi) is 2.53. The third kappa shape index (κ3) is 1.85. The number of rotatable bonds is 2. The second kappa shape index (κ2) is 4.68. The van der Waals surface area contributed by atoms with Crippen LogP contribution in [0.2, 0.25) is 0 Å². The summed E-state index contributed by atoms with van der Waals surface area (Å²) in [6.07, 6.45) is 3.43. The molecule has 4 aromatic carbocycles. The van der Waals surface area contributed by atoms with Gasteiger partial charge < -0.3 is 4.42 Å². The molecule has 1 aromatic heterocycles. The highest BCUT2D eigenvalue weighted by Crippen LogP contribution is 2.38. The maximum absolute atomic E-state index is 5.33. The van der Waals surface area contributed by atoms with Gasteiger partial charge in [0, 0.05) is 5.39 Å². The second-order valence-corrected chi connectivity index (χ2v) is 5.71. The molecule has 5 aromatic rings. The summed E-state index contributed by atoms with van der Waals surface area (Å²) >= 11 is 0. The predicted molar refractivity (Wildman–Crippen MR) is 96.1 cm³/mol. The zero-order valence-corrected chi connectivity index (χ0v) is 12.4. The molecule has 2 heteroatoms. The minimum Gasteiger partial charge on any atom is -0.463 e. The van der Waals surface area contributed by atoms with E-state index in [0.29, 0.717) is 0 Å². The number of hydrogen-bond donors (Lipinski definition) is 0. The monoisotopic (exact) mass is 295 g/mol. The van der Waals surface area contributed by atoms with E-state index >= 15 is 0 Å². The van der Waals surface area contributed by atoms with Gasteiger partial charge in [0.2, 0.25) is 0 Å². The van der Waals surface area contributed by atoms with Crippen molar-refractivity contribution in [1.82, 2.24) is 0 Å². The first-order valence-electron chi connectivity index (χ1n) is 7.64. The molecule has 0 saturated carbocycles. The van der Waals surface area contributed by atoms with Crippen molar-refractivity contribution in [2.45, 2.75) is 0 Å². The van der Waals surface area contributed by atoms with Crippen molar-refractivity contribution >= 4 is 44.2 Å². The molecule has 0 bridgehead atoms. The zero-order valence-electron chi connectivity index (χ0n) is 12.4. The van der Waals surface area contributed by atoms with Crippen LogP contribution >= 0.6 is 0 Å². The van der Waals surface area contributed by atoms with E-state index in [1.807, 2.05) is 12.1 Å². The Labute approximate surface area is 133 Å². The first kappa shape index (κ1) is 12.4. The fourth-order valence-corrected chi connectivity index (χ4v) is 3.33. The first-order chi connectivity index (χ1) is 11.4.